The molecule has 1 N–H and O–H groups in total. The lowest BCUT2D eigenvalue weighted by atomic mass is 10.1. The highest BCUT2D eigenvalue weighted by Gasteiger charge is 2.17. The van der Waals surface area contributed by atoms with Gasteiger partial charge in [-0.25, -0.2) is 4.79 Å². The van der Waals surface area contributed by atoms with Gasteiger partial charge in [0.2, 0.25) is 5.91 Å². The van der Waals surface area contributed by atoms with Gasteiger partial charge in [0.1, 0.15) is 6.61 Å². The first-order valence-corrected chi connectivity index (χ1v) is 7.32. The van der Waals surface area contributed by atoms with Gasteiger partial charge >= 0.3 is 5.97 Å². The molecule has 0 bridgehead atoms. The van der Waals surface area contributed by atoms with Crippen LogP contribution in [0.5, 0.6) is 0 Å². The summed E-state index contributed by atoms with van der Waals surface area (Å²) in [6.07, 6.45) is 2.15. The van der Waals surface area contributed by atoms with Gasteiger partial charge in [0.05, 0.1) is 18.3 Å². The number of carbonyl (C=O) groups excluding carboxylic acids is 1. The summed E-state index contributed by atoms with van der Waals surface area (Å²) in [5.74, 6) is -1.07. The van der Waals surface area contributed by atoms with E-state index in [0.717, 1.165) is 25.0 Å². The average molecular weight is 307 g/mol. The lowest BCUT2D eigenvalue weighted by Crippen LogP contribution is -2.31. The van der Waals surface area contributed by atoms with E-state index in [9.17, 15) is 9.59 Å². The van der Waals surface area contributed by atoms with Crippen molar-refractivity contribution in [1.29, 1.82) is 0 Å². The summed E-state index contributed by atoms with van der Waals surface area (Å²) in [6, 6.07) is 6.48. The number of rotatable bonds is 7. The quantitative estimate of drug-likeness (QED) is 0.827. The SMILES string of the molecule is CN(Cc1ccc(C(=O)O)cc1)C(=O)COC[C@H]1CCCO1. The fourth-order valence-corrected chi connectivity index (χ4v) is 2.28. The molecule has 0 unspecified atom stereocenters. The van der Waals surface area contributed by atoms with Crippen LogP contribution < -0.4 is 0 Å². The second kappa shape index (κ2) is 7.91. The molecule has 1 aromatic carbocycles. The summed E-state index contributed by atoms with van der Waals surface area (Å²) in [5, 5.41) is 8.84. The number of carboxylic acids is 1. The van der Waals surface area contributed by atoms with Crippen molar-refractivity contribution >= 4 is 11.9 Å². The topological polar surface area (TPSA) is 76.1 Å². The molecule has 6 nitrogen and oxygen atoms in total. The highest BCUT2D eigenvalue weighted by Crippen LogP contribution is 2.12. The van der Waals surface area contributed by atoms with Gasteiger partial charge < -0.3 is 19.5 Å². The summed E-state index contributed by atoms with van der Waals surface area (Å²) >= 11 is 0. The first-order valence-electron chi connectivity index (χ1n) is 7.32. The van der Waals surface area contributed by atoms with Crippen LogP contribution in [0.25, 0.3) is 0 Å². The molecule has 1 aliphatic rings. The molecule has 6 heteroatoms. The first-order chi connectivity index (χ1) is 10.6. The highest BCUT2D eigenvalue weighted by molar-refractivity contribution is 5.87. The van der Waals surface area contributed by atoms with E-state index >= 15 is 0 Å². The molecule has 22 heavy (non-hydrogen) atoms. The van der Waals surface area contributed by atoms with E-state index in [0.29, 0.717) is 13.2 Å². The number of benzene rings is 1. The van der Waals surface area contributed by atoms with Crippen molar-refractivity contribution in [2.75, 3.05) is 26.9 Å². The summed E-state index contributed by atoms with van der Waals surface area (Å²) in [5.41, 5.74) is 1.11. The molecule has 0 spiro atoms. The fraction of sp³-hybridized carbons (Fsp3) is 0.500. The molecular formula is C16H21NO5. The van der Waals surface area contributed by atoms with Crippen molar-refractivity contribution in [2.45, 2.75) is 25.5 Å². The number of likely N-dealkylation sites (N-methyl/N-ethyl adjacent to an activating group) is 1. The Balaban J connectivity index is 1.74. The van der Waals surface area contributed by atoms with Crippen molar-refractivity contribution in [2.24, 2.45) is 0 Å². The smallest absolute Gasteiger partial charge is 0.335 e. The lowest BCUT2D eigenvalue weighted by molar-refractivity contribution is -0.136. The van der Waals surface area contributed by atoms with Crippen molar-refractivity contribution in [1.82, 2.24) is 4.90 Å². The van der Waals surface area contributed by atoms with E-state index in [1.165, 1.54) is 12.1 Å². The zero-order valence-electron chi connectivity index (χ0n) is 12.7. The zero-order valence-corrected chi connectivity index (χ0v) is 12.7. The predicted molar refractivity (Wildman–Crippen MR) is 79.7 cm³/mol. The number of hydrogen-bond donors (Lipinski definition) is 1. The minimum atomic E-state index is -0.960. The molecule has 1 fully saturated rings. The standard InChI is InChI=1S/C16H21NO5/c1-17(9-12-4-6-13(7-5-12)16(19)20)15(18)11-21-10-14-3-2-8-22-14/h4-7,14H,2-3,8-11H2,1H3,(H,19,20)/t14-/m1/s1. The maximum Gasteiger partial charge on any atom is 0.335 e. The molecule has 0 saturated carbocycles. The van der Waals surface area contributed by atoms with Gasteiger partial charge in [0.25, 0.3) is 0 Å². The average Bonchev–Trinajstić information content (AvgIpc) is 3.01. The third-order valence-corrected chi connectivity index (χ3v) is 3.60. The molecule has 0 radical (unpaired) electrons. The van der Waals surface area contributed by atoms with Crippen LogP contribution in [-0.2, 0) is 20.8 Å². The molecule has 1 heterocycles. The highest BCUT2D eigenvalue weighted by atomic mass is 16.5. The lowest BCUT2D eigenvalue weighted by Gasteiger charge is -2.18. The van der Waals surface area contributed by atoms with E-state index in [1.54, 1.807) is 24.1 Å². The van der Waals surface area contributed by atoms with Crippen LogP contribution >= 0.6 is 0 Å². The van der Waals surface area contributed by atoms with Crippen molar-refractivity contribution < 1.29 is 24.2 Å². The van der Waals surface area contributed by atoms with E-state index in [1.807, 2.05) is 0 Å². The molecular weight excluding hydrogens is 286 g/mol. The fourth-order valence-electron chi connectivity index (χ4n) is 2.28. The Kier molecular flexibility index (Phi) is 5.91. The molecule has 0 aromatic heterocycles. The number of ether oxygens (including phenoxy) is 2. The number of hydrogen-bond acceptors (Lipinski definition) is 4. The Morgan fingerprint density at radius 1 is 1.36 bits per heavy atom. The third-order valence-electron chi connectivity index (χ3n) is 3.60. The summed E-state index contributed by atoms with van der Waals surface area (Å²) in [6.45, 7) is 1.67. The van der Waals surface area contributed by atoms with Crippen LogP contribution in [0.1, 0.15) is 28.8 Å². The van der Waals surface area contributed by atoms with Gasteiger partial charge in [-0.1, -0.05) is 12.1 Å². The molecule has 1 saturated heterocycles. The monoisotopic (exact) mass is 307 g/mol. The minimum absolute atomic E-state index is 0.0313. The second-order valence-corrected chi connectivity index (χ2v) is 5.40. The van der Waals surface area contributed by atoms with Crippen LogP contribution in [0, 0.1) is 0 Å². The number of carbonyl (C=O) groups is 2. The van der Waals surface area contributed by atoms with Gasteiger partial charge in [-0.15, -0.1) is 0 Å². The largest absolute Gasteiger partial charge is 0.478 e. The summed E-state index contributed by atoms with van der Waals surface area (Å²) in [7, 11) is 1.70. The molecule has 1 atom stereocenters. The summed E-state index contributed by atoms with van der Waals surface area (Å²) in [4.78, 5) is 24.3. The molecule has 0 aliphatic carbocycles. The Labute approximate surface area is 129 Å². The molecule has 2 rings (SSSR count). The Hall–Kier alpha value is -1.92. The van der Waals surface area contributed by atoms with Crippen molar-refractivity contribution in [3.05, 3.63) is 35.4 Å². The molecule has 120 valence electrons. The van der Waals surface area contributed by atoms with Gasteiger partial charge in [0, 0.05) is 20.2 Å². The van der Waals surface area contributed by atoms with Gasteiger partial charge in [-0.2, -0.15) is 0 Å². The maximum absolute atomic E-state index is 12.0. The van der Waals surface area contributed by atoms with Crippen molar-refractivity contribution in [3.8, 4) is 0 Å². The minimum Gasteiger partial charge on any atom is -0.478 e. The summed E-state index contributed by atoms with van der Waals surface area (Å²) < 4.78 is 10.8. The van der Waals surface area contributed by atoms with Gasteiger partial charge in [0.15, 0.2) is 0 Å². The van der Waals surface area contributed by atoms with Crippen LogP contribution in [0.15, 0.2) is 24.3 Å². The number of aromatic carboxylic acids is 1. The predicted octanol–water partition coefficient (Wildman–Crippen LogP) is 1.54. The van der Waals surface area contributed by atoms with E-state index in [-0.39, 0.29) is 24.2 Å². The number of carboxylic acid groups (broad SMARTS) is 1. The Morgan fingerprint density at radius 3 is 2.68 bits per heavy atom. The zero-order chi connectivity index (χ0) is 15.9. The van der Waals surface area contributed by atoms with Crippen molar-refractivity contribution in [3.63, 3.8) is 0 Å². The van der Waals surface area contributed by atoms with Crippen LogP contribution in [-0.4, -0.2) is 54.9 Å². The third kappa shape index (κ3) is 4.82. The van der Waals surface area contributed by atoms with Gasteiger partial charge in [-0.05, 0) is 30.5 Å². The second-order valence-electron chi connectivity index (χ2n) is 5.40. The molecule has 1 amide bonds. The Bertz CT molecular complexity index is 508. The van der Waals surface area contributed by atoms with Crippen LogP contribution in [0.4, 0.5) is 0 Å². The Morgan fingerprint density at radius 2 is 2.09 bits per heavy atom. The van der Waals surface area contributed by atoms with E-state index in [2.05, 4.69) is 0 Å². The number of amides is 1. The first kappa shape index (κ1) is 16.5. The van der Waals surface area contributed by atoms with Crippen LogP contribution in [0.2, 0.25) is 0 Å². The molecule has 1 aromatic rings. The molecule has 1 aliphatic heterocycles. The van der Waals surface area contributed by atoms with Gasteiger partial charge in [-0.3, -0.25) is 4.79 Å². The van der Waals surface area contributed by atoms with E-state index in [4.69, 9.17) is 14.6 Å². The van der Waals surface area contributed by atoms with Crippen LogP contribution in [0.3, 0.4) is 0 Å². The van der Waals surface area contributed by atoms with E-state index < -0.39 is 5.97 Å². The normalized spacial score (nSPS) is 17.4. The maximum atomic E-state index is 12.0. The number of nitrogens with zero attached hydrogens (tertiary/aromatic N) is 1.